The molecule has 1 amide bonds. The average Bonchev–Trinajstić information content (AvgIpc) is 3.29. The summed E-state index contributed by atoms with van der Waals surface area (Å²) in [4.78, 5) is 36.0. The van der Waals surface area contributed by atoms with Crippen molar-refractivity contribution in [3.63, 3.8) is 0 Å². The fraction of sp³-hybridized carbons (Fsp3) is 0.353. The monoisotopic (exact) mass is 346 g/mol. The lowest BCUT2D eigenvalue weighted by atomic mass is 10.2. The van der Waals surface area contributed by atoms with Gasteiger partial charge in [-0.15, -0.1) is 0 Å². The van der Waals surface area contributed by atoms with Gasteiger partial charge in [-0.25, -0.2) is 0 Å². The minimum atomic E-state index is -0.415. The van der Waals surface area contributed by atoms with Gasteiger partial charge in [-0.05, 0) is 25.8 Å². The molecule has 0 unspecified atom stereocenters. The molecule has 7 heteroatoms. The van der Waals surface area contributed by atoms with Crippen LogP contribution in [0.4, 0.5) is 0 Å². The number of benzene rings is 1. The molecule has 0 atom stereocenters. The average molecular weight is 346 g/mol. The number of hydrogen-bond acceptors (Lipinski definition) is 5. The van der Waals surface area contributed by atoms with Crippen molar-refractivity contribution in [2.75, 3.05) is 0 Å². The van der Waals surface area contributed by atoms with E-state index in [0.717, 1.165) is 24.2 Å². The van der Waals surface area contributed by atoms with Crippen molar-refractivity contribution in [2.45, 2.75) is 39.3 Å². The largest absolute Gasteiger partial charge is 0.426 e. The summed E-state index contributed by atoms with van der Waals surface area (Å²) >= 11 is 0.945. The Morgan fingerprint density at radius 1 is 1.33 bits per heavy atom. The van der Waals surface area contributed by atoms with E-state index >= 15 is 0 Å². The molecule has 1 fully saturated rings. The molecule has 0 saturated heterocycles. The highest BCUT2D eigenvalue weighted by Gasteiger charge is 2.26. The first-order valence-electron chi connectivity index (χ1n) is 7.73. The third kappa shape index (κ3) is 3.56. The van der Waals surface area contributed by atoms with Gasteiger partial charge in [0.25, 0.3) is 5.91 Å². The number of thiazole rings is 1. The maximum atomic E-state index is 12.3. The van der Waals surface area contributed by atoms with Crippen molar-refractivity contribution in [3.8, 4) is 5.75 Å². The van der Waals surface area contributed by atoms with Crippen LogP contribution in [0.15, 0.2) is 29.1 Å². The van der Waals surface area contributed by atoms with Crippen LogP contribution in [0.1, 0.15) is 40.7 Å². The molecule has 1 N–H and O–H groups in total. The van der Waals surface area contributed by atoms with Crippen LogP contribution in [0.25, 0.3) is 0 Å². The fourth-order valence-corrected chi connectivity index (χ4v) is 3.30. The Morgan fingerprint density at radius 3 is 2.71 bits per heavy atom. The van der Waals surface area contributed by atoms with Crippen molar-refractivity contribution in [1.29, 1.82) is 0 Å². The first-order chi connectivity index (χ1) is 11.5. The number of para-hydroxylation sites is 1. The molecule has 1 aromatic heterocycles. The number of hydrogen-bond donors (Lipinski definition) is 1. The van der Waals surface area contributed by atoms with Crippen molar-refractivity contribution < 1.29 is 14.3 Å². The maximum absolute atomic E-state index is 12.3. The van der Waals surface area contributed by atoms with E-state index in [1.54, 1.807) is 25.1 Å². The minimum absolute atomic E-state index is 0.191. The molecule has 3 rings (SSSR count). The van der Waals surface area contributed by atoms with E-state index in [9.17, 15) is 14.4 Å². The van der Waals surface area contributed by atoms with Crippen molar-refractivity contribution >= 4 is 23.2 Å². The molecule has 1 aromatic carbocycles. The molecule has 0 aliphatic heterocycles. The molecule has 1 aliphatic rings. The second-order valence-corrected chi connectivity index (χ2v) is 6.78. The lowest BCUT2D eigenvalue weighted by molar-refractivity contribution is -0.131. The Morgan fingerprint density at radius 2 is 2.04 bits per heavy atom. The molecule has 1 saturated carbocycles. The van der Waals surface area contributed by atoms with Crippen molar-refractivity contribution in [2.24, 2.45) is 0 Å². The maximum Gasteiger partial charge on any atom is 0.308 e. The van der Waals surface area contributed by atoms with E-state index in [1.807, 2.05) is 6.07 Å². The molecule has 0 radical (unpaired) electrons. The van der Waals surface area contributed by atoms with Crippen LogP contribution in [0, 0.1) is 6.92 Å². The van der Waals surface area contributed by atoms with Crippen LogP contribution in [-0.4, -0.2) is 22.5 Å². The van der Waals surface area contributed by atoms with Gasteiger partial charge in [-0.1, -0.05) is 29.5 Å². The third-order valence-electron chi connectivity index (χ3n) is 3.82. The third-order valence-corrected chi connectivity index (χ3v) is 4.90. The number of carbonyl (C=O) groups excluding carboxylic acids is 2. The van der Waals surface area contributed by atoms with Crippen molar-refractivity contribution in [1.82, 2.24) is 9.88 Å². The van der Waals surface area contributed by atoms with Crippen LogP contribution >= 0.6 is 11.3 Å². The number of nitrogens with zero attached hydrogens (tertiary/aromatic N) is 1. The normalized spacial score (nSPS) is 13.6. The summed E-state index contributed by atoms with van der Waals surface area (Å²) in [6.07, 6.45) is 1.99. The van der Waals surface area contributed by atoms with E-state index in [2.05, 4.69) is 5.32 Å². The SMILES string of the molecule is CC(=O)Oc1ccccc1Cn1c(C)c(C(=O)NC2CC2)sc1=O. The number of esters is 1. The second kappa shape index (κ2) is 6.60. The van der Waals surface area contributed by atoms with Crippen molar-refractivity contribution in [3.05, 3.63) is 50.1 Å². The van der Waals surface area contributed by atoms with Gasteiger partial charge < -0.3 is 10.1 Å². The predicted octanol–water partition coefficient (Wildman–Crippen LogP) is 2.08. The quantitative estimate of drug-likeness (QED) is 0.664. The predicted molar refractivity (Wildman–Crippen MR) is 90.7 cm³/mol. The summed E-state index contributed by atoms with van der Waals surface area (Å²) in [5, 5.41) is 2.90. The zero-order chi connectivity index (χ0) is 17.3. The van der Waals surface area contributed by atoms with Gasteiger partial charge >= 0.3 is 10.8 Å². The topological polar surface area (TPSA) is 77.4 Å². The van der Waals surface area contributed by atoms with Crippen LogP contribution in [0.2, 0.25) is 0 Å². The molecule has 6 nitrogen and oxygen atoms in total. The number of amides is 1. The first-order valence-corrected chi connectivity index (χ1v) is 8.54. The molecule has 126 valence electrons. The number of nitrogens with one attached hydrogen (secondary N) is 1. The zero-order valence-electron chi connectivity index (χ0n) is 13.5. The minimum Gasteiger partial charge on any atom is -0.426 e. The molecule has 0 bridgehead atoms. The summed E-state index contributed by atoms with van der Waals surface area (Å²) in [7, 11) is 0. The van der Waals surface area contributed by atoms with E-state index in [-0.39, 0.29) is 23.4 Å². The fourth-order valence-electron chi connectivity index (χ4n) is 2.41. The molecule has 1 aliphatic carbocycles. The Kier molecular flexibility index (Phi) is 4.53. The molecule has 24 heavy (non-hydrogen) atoms. The standard InChI is InChI=1S/C17H18N2O4S/c1-10-15(16(21)18-13-7-8-13)24-17(22)19(10)9-12-5-3-4-6-14(12)23-11(2)20/h3-6,13H,7-9H2,1-2H3,(H,18,21). The Hall–Kier alpha value is -2.41. The van der Waals surface area contributed by atoms with Gasteiger partial charge in [-0.3, -0.25) is 19.0 Å². The van der Waals surface area contributed by atoms with Crippen LogP contribution < -0.4 is 14.9 Å². The number of aromatic nitrogens is 1. The van der Waals surface area contributed by atoms with Gasteiger partial charge in [-0.2, -0.15) is 0 Å². The lowest BCUT2D eigenvalue weighted by Gasteiger charge is -2.10. The summed E-state index contributed by atoms with van der Waals surface area (Å²) in [6, 6.07) is 7.30. The number of rotatable bonds is 5. The smallest absolute Gasteiger partial charge is 0.308 e. The Labute approximate surface area is 143 Å². The molecule has 2 aromatic rings. The van der Waals surface area contributed by atoms with Crippen LogP contribution in [-0.2, 0) is 11.3 Å². The van der Waals surface area contributed by atoms with Gasteiger partial charge in [0.15, 0.2) is 0 Å². The number of carbonyl (C=O) groups is 2. The highest BCUT2D eigenvalue weighted by molar-refractivity contribution is 7.11. The van der Waals surface area contributed by atoms with E-state index < -0.39 is 5.97 Å². The summed E-state index contributed by atoms with van der Waals surface area (Å²) in [6.45, 7) is 3.34. The second-order valence-electron chi connectivity index (χ2n) is 5.82. The van der Waals surface area contributed by atoms with E-state index in [0.29, 0.717) is 21.9 Å². The zero-order valence-corrected chi connectivity index (χ0v) is 14.3. The highest BCUT2D eigenvalue weighted by atomic mass is 32.1. The molecule has 0 spiro atoms. The van der Waals surface area contributed by atoms with Gasteiger partial charge in [0, 0.05) is 24.2 Å². The molecular formula is C17H18N2O4S. The number of ether oxygens (including phenoxy) is 1. The summed E-state index contributed by atoms with van der Waals surface area (Å²) in [5.74, 6) is -0.183. The summed E-state index contributed by atoms with van der Waals surface area (Å²) in [5.41, 5.74) is 1.34. The Balaban J connectivity index is 1.88. The van der Waals surface area contributed by atoms with E-state index in [1.165, 1.54) is 11.5 Å². The Bertz CT molecular complexity index is 849. The molecule has 1 heterocycles. The van der Waals surface area contributed by atoms with Crippen LogP contribution in [0.5, 0.6) is 5.75 Å². The molecular weight excluding hydrogens is 328 g/mol. The van der Waals surface area contributed by atoms with Gasteiger partial charge in [0.05, 0.1) is 6.54 Å². The van der Waals surface area contributed by atoms with Crippen LogP contribution in [0.3, 0.4) is 0 Å². The van der Waals surface area contributed by atoms with E-state index in [4.69, 9.17) is 4.74 Å². The van der Waals surface area contributed by atoms with Gasteiger partial charge in [0.2, 0.25) is 0 Å². The lowest BCUT2D eigenvalue weighted by Crippen LogP contribution is -2.25. The van der Waals surface area contributed by atoms with Gasteiger partial charge in [0.1, 0.15) is 10.6 Å². The first kappa shape index (κ1) is 16.4. The summed E-state index contributed by atoms with van der Waals surface area (Å²) < 4.78 is 6.72. The highest BCUT2D eigenvalue weighted by Crippen LogP contribution is 2.23.